The minimum Gasteiger partial charge on any atom is -0.462 e. The van der Waals surface area contributed by atoms with Crippen LogP contribution in [0, 0.1) is 19.8 Å². The summed E-state index contributed by atoms with van der Waals surface area (Å²) in [4.78, 5) is 29.3. The van der Waals surface area contributed by atoms with Gasteiger partial charge in [0.05, 0.1) is 12.5 Å². The Bertz CT molecular complexity index is 1060. The van der Waals surface area contributed by atoms with Crippen LogP contribution in [-0.2, 0) is 26.1 Å². The first-order chi connectivity index (χ1) is 14.7. The van der Waals surface area contributed by atoms with Gasteiger partial charge in [0, 0.05) is 42.6 Å². The number of anilines is 1. The predicted octanol–water partition coefficient (Wildman–Crippen LogP) is 2.80. The lowest BCUT2D eigenvalue weighted by Crippen LogP contribution is -2.44. The Morgan fingerprint density at radius 1 is 1.29 bits per heavy atom. The smallest absolute Gasteiger partial charge is 0.341 e. The van der Waals surface area contributed by atoms with E-state index in [1.165, 1.54) is 15.6 Å². The maximum absolute atomic E-state index is 13.7. The number of thiazole rings is 1. The molecule has 0 unspecified atom stereocenters. The maximum Gasteiger partial charge on any atom is 0.341 e. The number of hydrogen-bond donors (Lipinski definition) is 1. The summed E-state index contributed by atoms with van der Waals surface area (Å²) in [6, 6.07) is 0. The average molecular weight is 469 g/mol. The molecule has 1 saturated heterocycles. The lowest BCUT2D eigenvalue weighted by atomic mass is 9.99. The van der Waals surface area contributed by atoms with Gasteiger partial charge in [-0.1, -0.05) is 0 Å². The van der Waals surface area contributed by atoms with Crippen molar-refractivity contribution in [1.82, 2.24) is 13.9 Å². The van der Waals surface area contributed by atoms with E-state index in [2.05, 4.69) is 10.3 Å². The molecule has 170 valence electrons. The standard InChI is InChI=1S/C20H28N4O5S2/c1-5-24-13(3)16(19(26)29-6-2)17(14(24)4)31(27,28)23-10-7-8-15(12-23)18(25)22-20-21-9-11-30-20/h9,11,15H,5-8,10,12H2,1-4H3,(H,21,22,25)/t15-/m0/s1. The number of carbonyl (C=O) groups is 2. The number of amides is 1. The minimum absolute atomic E-state index is 0.0220. The minimum atomic E-state index is -4.01. The van der Waals surface area contributed by atoms with E-state index in [1.54, 1.807) is 36.9 Å². The molecule has 1 fully saturated rings. The number of carbonyl (C=O) groups excluding carboxylic acids is 2. The second-order valence-electron chi connectivity index (χ2n) is 7.37. The molecular formula is C20H28N4O5S2. The summed E-state index contributed by atoms with van der Waals surface area (Å²) in [5.74, 6) is -1.39. The molecule has 0 bridgehead atoms. The van der Waals surface area contributed by atoms with Crippen molar-refractivity contribution in [2.24, 2.45) is 5.92 Å². The van der Waals surface area contributed by atoms with Gasteiger partial charge >= 0.3 is 5.97 Å². The van der Waals surface area contributed by atoms with Crippen LogP contribution in [0.25, 0.3) is 0 Å². The number of esters is 1. The highest BCUT2D eigenvalue weighted by atomic mass is 32.2. The zero-order valence-corrected chi connectivity index (χ0v) is 19.8. The van der Waals surface area contributed by atoms with Crippen molar-refractivity contribution in [2.45, 2.75) is 52.0 Å². The summed E-state index contributed by atoms with van der Waals surface area (Å²) >= 11 is 1.31. The second-order valence-corrected chi connectivity index (χ2v) is 10.1. The molecule has 1 amide bonds. The van der Waals surface area contributed by atoms with E-state index in [1.807, 2.05) is 6.92 Å². The topological polar surface area (TPSA) is 111 Å². The van der Waals surface area contributed by atoms with Crippen molar-refractivity contribution in [1.29, 1.82) is 0 Å². The van der Waals surface area contributed by atoms with Crippen molar-refractivity contribution in [3.63, 3.8) is 0 Å². The summed E-state index contributed by atoms with van der Waals surface area (Å²) in [6.45, 7) is 8.02. The van der Waals surface area contributed by atoms with Crippen molar-refractivity contribution in [2.75, 3.05) is 25.0 Å². The fourth-order valence-electron chi connectivity index (χ4n) is 4.08. The van der Waals surface area contributed by atoms with Crippen LogP contribution in [0.3, 0.4) is 0 Å². The Hall–Kier alpha value is -2.24. The molecule has 2 aromatic rings. The van der Waals surface area contributed by atoms with E-state index < -0.39 is 21.9 Å². The van der Waals surface area contributed by atoms with Gasteiger partial charge < -0.3 is 14.6 Å². The van der Waals surface area contributed by atoms with Gasteiger partial charge in [-0.25, -0.2) is 18.2 Å². The van der Waals surface area contributed by atoms with Crippen LogP contribution >= 0.6 is 11.3 Å². The number of nitrogens with zero attached hydrogens (tertiary/aromatic N) is 3. The molecule has 0 spiro atoms. The third-order valence-electron chi connectivity index (χ3n) is 5.54. The van der Waals surface area contributed by atoms with E-state index in [0.29, 0.717) is 42.5 Å². The highest BCUT2D eigenvalue weighted by Crippen LogP contribution is 2.33. The first-order valence-corrected chi connectivity index (χ1v) is 12.6. The van der Waals surface area contributed by atoms with Gasteiger partial charge in [0.2, 0.25) is 15.9 Å². The maximum atomic E-state index is 13.7. The highest BCUT2D eigenvalue weighted by molar-refractivity contribution is 7.89. The third kappa shape index (κ3) is 4.53. The molecular weight excluding hydrogens is 440 g/mol. The van der Waals surface area contributed by atoms with Crippen molar-refractivity contribution in [3.05, 3.63) is 28.5 Å². The van der Waals surface area contributed by atoms with Crippen LogP contribution in [0.2, 0.25) is 0 Å². The molecule has 1 atom stereocenters. The summed E-state index contributed by atoms with van der Waals surface area (Å²) in [5, 5.41) is 5.00. The molecule has 0 aliphatic carbocycles. The summed E-state index contributed by atoms with van der Waals surface area (Å²) < 4.78 is 35.6. The molecule has 31 heavy (non-hydrogen) atoms. The molecule has 1 aliphatic heterocycles. The highest BCUT2D eigenvalue weighted by Gasteiger charge is 2.39. The summed E-state index contributed by atoms with van der Waals surface area (Å²) in [7, 11) is -4.01. The zero-order chi connectivity index (χ0) is 22.8. The molecule has 11 heteroatoms. The van der Waals surface area contributed by atoms with Crippen LogP contribution in [-0.4, -0.2) is 53.8 Å². The first-order valence-electron chi connectivity index (χ1n) is 10.3. The average Bonchev–Trinajstić information content (AvgIpc) is 3.33. The SMILES string of the molecule is CCOC(=O)c1c(S(=O)(=O)N2CCC[C@H](C(=O)Nc3nccs3)C2)c(C)n(CC)c1C. The van der Waals surface area contributed by atoms with Crippen LogP contribution in [0.4, 0.5) is 5.13 Å². The number of hydrogen-bond acceptors (Lipinski definition) is 7. The molecule has 2 aromatic heterocycles. The zero-order valence-electron chi connectivity index (χ0n) is 18.2. The fourth-order valence-corrected chi connectivity index (χ4v) is 6.59. The molecule has 3 rings (SSSR count). The quantitative estimate of drug-likeness (QED) is 0.626. The fraction of sp³-hybridized carbons (Fsp3) is 0.550. The number of ether oxygens (including phenoxy) is 1. The summed E-state index contributed by atoms with van der Waals surface area (Å²) in [5.41, 5.74) is 1.14. The van der Waals surface area contributed by atoms with Gasteiger partial charge in [0.25, 0.3) is 0 Å². The van der Waals surface area contributed by atoms with Crippen LogP contribution < -0.4 is 5.32 Å². The van der Waals surface area contributed by atoms with E-state index in [9.17, 15) is 18.0 Å². The van der Waals surface area contributed by atoms with E-state index in [-0.39, 0.29) is 29.5 Å². The molecule has 0 aromatic carbocycles. The van der Waals surface area contributed by atoms with E-state index in [4.69, 9.17) is 4.74 Å². The molecule has 3 heterocycles. The molecule has 1 aliphatic rings. The molecule has 0 radical (unpaired) electrons. The number of nitrogens with one attached hydrogen (secondary N) is 1. The third-order valence-corrected chi connectivity index (χ3v) is 8.25. The lowest BCUT2D eigenvalue weighted by Gasteiger charge is -2.31. The number of piperidine rings is 1. The number of rotatable bonds is 7. The normalized spacial score (nSPS) is 17.5. The Morgan fingerprint density at radius 2 is 2.03 bits per heavy atom. The van der Waals surface area contributed by atoms with Crippen LogP contribution in [0.5, 0.6) is 0 Å². The van der Waals surface area contributed by atoms with Gasteiger partial charge in [0.15, 0.2) is 5.13 Å². The second kappa shape index (κ2) is 9.49. The van der Waals surface area contributed by atoms with Gasteiger partial charge in [0.1, 0.15) is 10.5 Å². The summed E-state index contributed by atoms with van der Waals surface area (Å²) in [6.07, 6.45) is 2.73. The molecule has 1 N–H and O–H groups in total. The monoisotopic (exact) mass is 468 g/mol. The number of sulfonamides is 1. The Kier molecular flexibility index (Phi) is 7.17. The lowest BCUT2D eigenvalue weighted by molar-refractivity contribution is -0.120. The molecule has 0 saturated carbocycles. The van der Waals surface area contributed by atoms with Gasteiger partial charge in [-0.2, -0.15) is 4.31 Å². The van der Waals surface area contributed by atoms with Gasteiger partial charge in [-0.05, 0) is 40.5 Å². The van der Waals surface area contributed by atoms with Crippen molar-refractivity contribution >= 4 is 38.4 Å². The van der Waals surface area contributed by atoms with Crippen molar-refractivity contribution in [3.8, 4) is 0 Å². The number of aromatic nitrogens is 2. The van der Waals surface area contributed by atoms with Crippen LogP contribution in [0.1, 0.15) is 48.4 Å². The Morgan fingerprint density at radius 3 is 2.65 bits per heavy atom. The van der Waals surface area contributed by atoms with E-state index >= 15 is 0 Å². The van der Waals surface area contributed by atoms with Gasteiger partial charge in [-0.3, -0.25) is 4.79 Å². The Balaban J connectivity index is 1.93. The van der Waals surface area contributed by atoms with Gasteiger partial charge in [-0.15, -0.1) is 11.3 Å². The van der Waals surface area contributed by atoms with E-state index in [0.717, 1.165) is 0 Å². The largest absolute Gasteiger partial charge is 0.462 e. The Labute approximate surface area is 186 Å². The first kappa shape index (κ1) is 23.4. The predicted molar refractivity (Wildman–Crippen MR) is 118 cm³/mol. The van der Waals surface area contributed by atoms with Crippen LogP contribution in [0.15, 0.2) is 16.5 Å². The molecule has 9 nitrogen and oxygen atoms in total. The van der Waals surface area contributed by atoms with Crippen molar-refractivity contribution < 1.29 is 22.7 Å².